The third-order valence-corrected chi connectivity index (χ3v) is 16.6. The van der Waals surface area contributed by atoms with Crippen molar-refractivity contribution in [1.82, 2.24) is 29.2 Å². The van der Waals surface area contributed by atoms with Crippen LogP contribution in [0.3, 0.4) is 0 Å². The van der Waals surface area contributed by atoms with E-state index in [0.717, 1.165) is 40.7 Å². The van der Waals surface area contributed by atoms with Gasteiger partial charge in [0.2, 0.25) is 0 Å². The molecule has 9 fully saturated rings. The number of halogens is 1. The Morgan fingerprint density at radius 3 is 1.56 bits per heavy atom. The monoisotopic (exact) mass is 843 g/mol. The predicted molar refractivity (Wildman–Crippen MR) is 252 cm³/mol. The van der Waals surface area contributed by atoms with Gasteiger partial charge in [0.15, 0.2) is 0 Å². The van der Waals surface area contributed by atoms with Gasteiger partial charge in [0, 0.05) is 94.2 Å². The number of benzene rings is 3. The van der Waals surface area contributed by atoms with E-state index in [2.05, 4.69) is 106 Å². The summed E-state index contributed by atoms with van der Waals surface area (Å²) < 4.78 is 13.2. The van der Waals surface area contributed by atoms with E-state index in [0.29, 0.717) is 16.9 Å². The third kappa shape index (κ3) is 7.47. The molecule has 15 rings (SSSR count). The van der Waals surface area contributed by atoms with E-state index in [9.17, 15) is 0 Å². The largest absolute Gasteiger partial charge is 0.497 e. The van der Waals surface area contributed by atoms with Crippen molar-refractivity contribution in [2.24, 2.45) is 24.8 Å². The topological polar surface area (TPSA) is 64.7 Å². The Labute approximate surface area is 367 Å². The smallest absolute Gasteiger partial charge is 0.138 e. The van der Waals surface area contributed by atoms with E-state index < -0.39 is 0 Å². The first-order chi connectivity index (χ1) is 29.6. The van der Waals surface area contributed by atoms with E-state index in [1.165, 1.54) is 153 Å². The molecule has 324 valence electrons. The molecule has 2 N–H and O–H groups in total. The number of piperidine rings is 9. The number of methoxy groups -OCH3 is 2. The second-order valence-electron chi connectivity index (χ2n) is 19.6. The zero-order valence-electron chi connectivity index (χ0n) is 37.7. The molecule has 0 aliphatic carbocycles. The summed E-state index contributed by atoms with van der Waals surface area (Å²) in [5.74, 6) is 6.43. The molecule has 9 saturated heterocycles. The average Bonchev–Trinajstić information content (AvgIpc) is 3.89. The Bertz CT molecular complexity index is 2540. The van der Waals surface area contributed by atoms with Crippen molar-refractivity contribution in [2.75, 3.05) is 73.1 Å². The molecule has 9 aliphatic rings. The lowest BCUT2D eigenvalue weighted by Crippen LogP contribution is -2.46. The molecule has 3 aromatic heterocycles. The van der Waals surface area contributed by atoms with Crippen LogP contribution < -0.4 is 9.47 Å². The van der Waals surface area contributed by atoms with E-state index in [1.807, 2.05) is 6.07 Å². The summed E-state index contributed by atoms with van der Waals surface area (Å²) in [6.07, 6.45) is 8.18. The van der Waals surface area contributed by atoms with Crippen molar-refractivity contribution < 1.29 is 9.47 Å². The van der Waals surface area contributed by atoms with Gasteiger partial charge in [-0.2, -0.15) is 0 Å². The highest BCUT2D eigenvalue weighted by atomic mass is 35.5. The SMILES string of the molecule is COc1cc2c(C3CN4CCC3CC4)c(C)[nH]c2cc1Cl.COc1ccc2c(c1)c(C1CN3CCC1CC3)c(C)n2C.Cc1ccc2c(C3CN4CCC3CC4)c(C)[nH]c2c1. The number of nitrogens with zero attached hydrogens (tertiary/aromatic N) is 4. The normalized spacial score (nSPS) is 28.8. The van der Waals surface area contributed by atoms with Crippen molar-refractivity contribution in [1.29, 1.82) is 0 Å². The molecular formula is C52H67ClN6O2. The fourth-order valence-electron chi connectivity index (χ4n) is 13.0. The minimum atomic E-state index is 0.645. The number of nitrogens with one attached hydrogen (secondary N) is 2. The van der Waals surface area contributed by atoms with Gasteiger partial charge in [-0.05, 0) is 182 Å². The van der Waals surface area contributed by atoms with Crippen LogP contribution in [0.2, 0.25) is 5.02 Å². The number of H-pyrrole nitrogens is 2. The minimum Gasteiger partial charge on any atom is -0.497 e. The summed E-state index contributed by atoms with van der Waals surface area (Å²) in [6.45, 7) is 20.4. The number of rotatable bonds is 5. The van der Waals surface area contributed by atoms with Gasteiger partial charge in [0.05, 0.1) is 19.2 Å². The molecule has 3 aromatic carbocycles. The molecule has 0 saturated carbocycles. The van der Waals surface area contributed by atoms with Crippen molar-refractivity contribution in [3.63, 3.8) is 0 Å². The maximum Gasteiger partial charge on any atom is 0.138 e. The number of ether oxygens (including phenoxy) is 2. The quantitative estimate of drug-likeness (QED) is 0.181. The number of aryl methyl sites for hydroxylation is 4. The molecular weight excluding hydrogens is 776 g/mol. The van der Waals surface area contributed by atoms with Crippen LogP contribution in [0.15, 0.2) is 48.5 Å². The first-order valence-corrected chi connectivity index (χ1v) is 23.7. The van der Waals surface area contributed by atoms with Gasteiger partial charge < -0.3 is 38.7 Å². The molecule has 9 aliphatic heterocycles. The fourth-order valence-corrected chi connectivity index (χ4v) is 13.2. The first-order valence-electron chi connectivity index (χ1n) is 23.3. The van der Waals surface area contributed by atoms with E-state index >= 15 is 0 Å². The molecule has 9 heteroatoms. The summed E-state index contributed by atoms with van der Waals surface area (Å²) in [5, 5.41) is 4.81. The van der Waals surface area contributed by atoms with E-state index in [-0.39, 0.29) is 0 Å². The van der Waals surface area contributed by atoms with Crippen LogP contribution in [0, 0.1) is 45.4 Å². The standard InChI is InChI=1S/C18H24N2O.C17H21ClN2O.C17H22N2/c1-12-18(16-11-20-8-6-13(16)7-9-20)15-10-14(21-3)4-5-17(15)19(12)2;1-10-17(13-9-20-5-3-11(13)4-6-20)12-7-16(21-2)14(18)8-15(12)19-10;1-11-3-4-14-16(9-11)18-12(2)17(14)15-10-19-7-5-13(15)6-8-19/h4-5,10,13,16H,6-9,11H2,1-3H3;7-8,11,13,19H,3-6,9H2,1-2H3;3-4,9,13,15,18H,5-8,10H2,1-2H3. The van der Waals surface area contributed by atoms with Crippen LogP contribution in [0.25, 0.3) is 32.7 Å². The van der Waals surface area contributed by atoms with Gasteiger partial charge in [-0.15, -0.1) is 0 Å². The zero-order chi connectivity index (χ0) is 42.1. The van der Waals surface area contributed by atoms with Gasteiger partial charge >= 0.3 is 0 Å². The van der Waals surface area contributed by atoms with Crippen molar-refractivity contribution >= 4 is 44.3 Å². The maximum atomic E-state index is 6.26. The lowest BCUT2D eigenvalue weighted by molar-refractivity contribution is 0.0873. The number of hydrogen-bond acceptors (Lipinski definition) is 5. The summed E-state index contributed by atoms with van der Waals surface area (Å²) >= 11 is 6.26. The van der Waals surface area contributed by atoms with Crippen LogP contribution in [0.1, 0.15) is 95.6 Å². The Morgan fingerprint density at radius 1 is 0.557 bits per heavy atom. The highest BCUT2D eigenvalue weighted by Gasteiger charge is 2.39. The highest BCUT2D eigenvalue weighted by molar-refractivity contribution is 6.32. The summed E-state index contributed by atoms with van der Waals surface area (Å²) in [4.78, 5) is 15.0. The predicted octanol–water partition coefficient (Wildman–Crippen LogP) is 10.8. The molecule has 0 amide bonds. The van der Waals surface area contributed by atoms with E-state index in [1.54, 1.807) is 25.3 Å². The zero-order valence-corrected chi connectivity index (χ0v) is 38.4. The highest BCUT2D eigenvalue weighted by Crippen LogP contribution is 2.47. The molecule has 61 heavy (non-hydrogen) atoms. The molecule has 0 spiro atoms. The second-order valence-corrected chi connectivity index (χ2v) is 20.0. The lowest BCUT2D eigenvalue weighted by atomic mass is 9.75. The molecule has 3 atom stereocenters. The van der Waals surface area contributed by atoms with Gasteiger partial charge in [-0.3, -0.25) is 0 Å². The molecule has 6 aromatic rings. The second kappa shape index (κ2) is 16.6. The summed E-state index contributed by atoms with van der Waals surface area (Å²) in [7, 11) is 5.63. The molecule has 3 unspecified atom stereocenters. The van der Waals surface area contributed by atoms with Gasteiger partial charge in [0.1, 0.15) is 11.5 Å². The first kappa shape index (κ1) is 41.1. The van der Waals surface area contributed by atoms with Crippen LogP contribution >= 0.6 is 11.6 Å². The van der Waals surface area contributed by atoms with E-state index in [4.69, 9.17) is 21.1 Å². The molecule has 12 heterocycles. The van der Waals surface area contributed by atoms with Crippen LogP contribution in [-0.4, -0.2) is 102 Å². The number of hydrogen-bond donors (Lipinski definition) is 2. The fraction of sp³-hybridized carbons (Fsp3) is 0.538. The van der Waals surface area contributed by atoms with Gasteiger partial charge in [-0.1, -0.05) is 23.7 Å². The molecule has 0 radical (unpaired) electrons. The van der Waals surface area contributed by atoms with Gasteiger partial charge in [-0.25, -0.2) is 0 Å². The number of fused-ring (bicyclic) bond motifs is 12. The summed E-state index contributed by atoms with van der Waals surface area (Å²) in [5.41, 5.74) is 13.9. The number of aromatic nitrogens is 3. The molecule has 8 nitrogen and oxygen atoms in total. The lowest BCUT2D eigenvalue weighted by Gasteiger charge is -2.45. The van der Waals surface area contributed by atoms with Crippen molar-refractivity contribution in [3.8, 4) is 11.5 Å². The van der Waals surface area contributed by atoms with Gasteiger partial charge in [0.25, 0.3) is 0 Å². The Morgan fingerprint density at radius 2 is 1.07 bits per heavy atom. The van der Waals surface area contributed by atoms with Crippen LogP contribution in [0.4, 0.5) is 0 Å². The third-order valence-electron chi connectivity index (χ3n) is 16.3. The average molecular weight is 844 g/mol. The number of aromatic amines is 2. The summed E-state index contributed by atoms with van der Waals surface area (Å²) in [6, 6.07) is 17.5. The Kier molecular flexibility index (Phi) is 11.2. The van der Waals surface area contributed by atoms with Crippen LogP contribution in [-0.2, 0) is 7.05 Å². The maximum absolute atomic E-state index is 6.26. The Hall–Kier alpha value is -3.95. The minimum absolute atomic E-state index is 0.645. The van der Waals surface area contributed by atoms with Crippen molar-refractivity contribution in [2.45, 2.75) is 84.0 Å². The van der Waals surface area contributed by atoms with Crippen molar-refractivity contribution in [3.05, 3.63) is 92.9 Å². The van der Waals surface area contributed by atoms with Crippen LogP contribution in [0.5, 0.6) is 11.5 Å². The molecule has 6 bridgehead atoms. The Balaban J connectivity index is 0.000000110.